The average molecular weight is 382 g/mol. The number of halogens is 2. The van der Waals surface area contributed by atoms with E-state index < -0.39 is 10.0 Å². The van der Waals surface area contributed by atoms with Gasteiger partial charge in [-0.1, -0.05) is 5.92 Å². The van der Waals surface area contributed by atoms with Crippen molar-refractivity contribution in [2.45, 2.75) is 11.8 Å². The van der Waals surface area contributed by atoms with E-state index in [1.165, 1.54) is 12.1 Å². The zero-order chi connectivity index (χ0) is 13.1. The van der Waals surface area contributed by atoms with Crippen LogP contribution in [-0.2, 0) is 10.0 Å². The summed E-state index contributed by atoms with van der Waals surface area (Å²) < 4.78 is 27.1. The van der Waals surface area contributed by atoms with Crippen LogP contribution in [0.4, 0.5) is 5.69 Å². The summed E-state index contributed by atoms with van der Waals surface area (Å²) >= 11 is 6.36. The van der Waals surface area contributed by atoms with Crippen molar-refractivity contribution in [3.05, 3.63) is 21.1 Å². The highest BCUT2D eigenvalue weighted by Crippen LogP contribution is 2.32. The minimum absolute atomic E-state index is 0.0715. The third-order valence-electron chi connectivity index (χ3n) is 1.82. The number of hydrogen-bond acceptors (Lipinski definition) is 3. The first-order chi connectivity index (χ1) is 7.88. The molecule has 0 aliphatic carbocycles. The fourth-order valence-electron chi connectivity index (χ4n) is 1.13. The molecule has 7 heteroatoms. The van der Waals surface area contributed by atoms with Crippen LogP contribution in [0.1, 0.15) is 6.92 Å². The van der Waals surface area contributed by atoms with Gasteiger partial charge in [-0.05, 0) is 50.9 Å². The molecule has 1 rings (SSSR count). The van der Waals surface area contributed by atoms with Crippen LogP contribution in [-0.4, -0.2) is 15.0 Å². The SMILES string of the molecule is CC#CCNS(=O)(=O)c1c(Br)cc(N)cc1Br. The Morgan fingerprint density at radius 3 is 2.35 bits per heavy atom. The maximum absolute atomic E-state index is 12.0. The van der Waals surface area contributed by atoms with Gasteiger partial charge in [0.1, 0.15) is 4.90 Å². The van der Waals surface area contributed by atoms with Gasteiger partial charge in [-0.3, -0.25) is 0 Å². The lowest BCUT2D eigenvalue weighted by Crippen LogP contribution is -2.24. The van der Waals surface area contributed by atoms with E-state index in [0.29, 0.717) is 14.6 Å². The van der Waals surface area contributed by atoms with Gasteiger partial charge >= 0.3 is 0 Å². The van der Waals surface area contributed by atoms with E-state index in [0.717, 1.165) is 0 Å². The number of nitrogen functional groups attached to an aromatic ring is 1. The first-order valence-corrected chi connectivity index (χ1v) is 7.59. The van der Waals surface area contributed by atoms with Crippen LogP contribution in [0.15, 0.2) is 26.0 Å². The summed E-state index contributed by atoms with van der Waals surface area (Å²) in [5.41, 5.74) is 6.06. The van der Waals surface area contributed by atoms with Gasteiger partial charge in [-0.25, -0.2) is 8.42 Å². The zero-order valence-electron chi connectivity index (χ0n) is 8.92. The second kappa shape index (κ2) is 5.87. The first-order valence-electron chi connectivity index (χ1n) is 4.52. The monoisotopic (exact) mass is 380 g/mol. The van der Waals surface area contributed by atoms with Crippen LogP contribution in [0.2, 0.25) is 0 Å². The number of hydrogen-bond donors (Lipinski definition) is 2. The Bertz CT molecular complexity index is 565. The third kappa shape index (κ3) is 3.71. The molecule has 0 bridgehead atoms. The van der Waals surface area contributed by atoms with Gasteiger partial charge in [0.15, 0.2) is 0 Å². The van der Waals surface area contributed by atoms with Crippen LogP contribution in [0.5, 0.6) is 0 Å². The molecule has 0 amide bonds. The van der Waals surface area contributed by atoms with E-state index in [-0.39, 0.29) is 11.4 Å². The van der Waals surface area contributed by atoms with Crippen molar-refractivity contribution in [3.63, 3.8) is 0 Å². The number of nitrogens with one attached hydrogen (secondary N) is 1. The molecular formula is C10H10Br2N2O2S. The lowest BCUT2D eigenvalue weighted by molar-refractivity contribution is 0.585. The van der Waals surface area contributed by atoms with Gasteiger partial charge in [0.2, 0.25) is 10.0 Å². The summed E-state index contributed by atoms with van der Waals surface area (Å²) in [7, 11) is -3.61. The Morgan fingerprint density at radius 2 is 1.88 bits per heavy atom. The number of nitrogens with two attached hydrogens (primary N) is 1. The van der Waals surface area contributed by atoms with Gasteiger partial charge in [0.05, 0.1) is 6.54 Å². The Kier molecular flexibility index (Phi) is 5.01. The smallest absolute Gasteiger partial charge is 0.243 e. The molecule has 3 N–H and O–H groups in total. The summed E-state index contributed by atoms with van der Waals surface area (Å²) in [5.74, 6) is 5.24. The molecule has 0 unspecified atom stereocenters. The van der Waals surface area contributed by atoms with Crippen molar-refractivity contribution in [1.29, 1.82) is 0 Å². The topological polar surface area (TPSA) is 72.2 Å². The van der Waals surface area contributed by atoms with Gasteiger partial charge in [-0.2, -0.15) is 4.72 Å². The van der Waals surface area contributed by atoms with Gasteiger partial charge in [-0.15, -0.1) is 5.92 Å². The average Bonchev–Trinajstić information content (AvgIpc) is 2.15. The largest absolute Gasteiger partial charge is 0.399 e. The van der Waals surface area contributed by atoms with E-state index in [1.807, 2.05) is 0 Å². The third-order valence-corrected chi connectivity index (χ3v) is 5.09. The lowest BCUT2D eigenvalue weighted by Gasteiger charge is -2.09. The van der Waals surface area contributed by atoms with Crippen molar-refractivity contribution >= 4 is 47.6 Å². The van der Waals surface area contributed by atoms with Crippen molar-refractivity contribution in [1.82, 2.24) is 4.72 Å². The van der Waals surface area contributed by atoms with Crippen molar-refractivity contribution in [2.75, 3.05) is 12.3 Å². The fraction of sp³-hybridized carbons (Fsp3) is 0.200. The lowest BCUT2D eigenvalue weighted by atomic mass is 10.3. The van der Waals surface area contributed by atoms with Crippen LogP contribution >= 0.6 is 31.9 Å². The number of benzene rings is 1. The predicted octanol–water partition coefficient (Wildman–Crippen LogP) is 2.10. The standard InChI is InChI=1S/C10H10Br2N2O2S/c1-2-3-4-14-17(15,16)10-8(11)5-7(13)6-9(10)12/h5-6,14H,4,13H2,1H3. The molecule has 0 fully saturated rings. The second-order valence-corrected chi connectivity index (χ2v) is 6.48. The molecule has 0 saturated heterocycles. The highest BCUT2D eigenvalue weighted by Gasteiger charge is 2.20. The molecule has 0 aromatic heterocycles. The van der Waals surface area contributed by atoms with Crippen LogP contribution in [0.25, 0.3) is 0 Å². The van der Waals surface area contributed by atoms with Gasteiger partial charge < -0.3 is 5.73 Å². The predicted molar refractivity (Wildman–Crippen MR) is 74.9 cm³/mol. The highest BCUT2D eigenvalue weighted by molar-refractivity contribution is 9.11. The molecule has 0 radical (unpaired) electrons. The number of anilines is 1. The summed E-state index contributed by atoms with van der Waals surface area (Å²) in [6.07, 6.45) is 0. The van der Waals surface area contributed by atoms with Crippen LogP contribution < -0.4 is 10.5 Å². The molecule has 4 nitrogen and oxygen atoms in total. The molecule has 1 aromatic rings. The van der Waals surface area contributed by atoms with Gasteiger partial charge in [0.25, 0.3) is 0 Å². The summed E-state index contributed by atoms with van der Waals surface area (Å²) in [4.78, 5) is 0.115. The van der Waals surface area contributed by atoms with E-state index in [4.69, 9.17) is 5.73 Å². The normalized spacial score (nSPS) is 10.8. The van der Waals surface area contributed by atoms with Crippen LogP contribution in [0, 0.1) is 11.8 Å². The molecule has 0 atom stereocenters. The molecule has 0 heterocycles. The maximum Gasteiger partial charge on any atom is 0.243 e. The molecule has 17 heavy (non-hydrogen) atoms. The number of sulfonamides is 1. The molecule has 0 aliphatic heterocycles. The van der Waals surface area contributed by atoms with Gasteiger partial charge in [0, 0.05) is 14.6 Å². The summed E-state index contributed by atoms with van der Waals surface area (Å²) in [6.45, 7) is 1.71. The van der Waals surface area contributed by atoms with Crippen molar-refractivity contribution in [3.8, 4) is 11.8 Å². The molecule has 92 valence electrons. The molecule has 1 aromatic carbocycles. The molecule has 0 spiro atoms. The molecular weight excluding hydrogens is 372 g/mol. The summed E-state index contributed by atoms with van der Waals surface area (Å²) in [6, 6.07) is 3.07. The Balaban J connectivity index is 3.18. The summed E-state index contributed by atoms with van der Waals surface area (Å²) in [5, 5.41) is 0. The second-order valence-electron chi connectivity index (χ2n) is 3.07. The minimum Gasteiger partial charge on any atom is -0.399 e. The number of rotatable bonds is 3. The zero-order valence-corrected chi connectivity index (χ0v) is 12.9. The van der Waals surface area contributed by atoms with Crippen molar-refractivity contribution in [2.24, 2.45) is 0 Å². The molecule has 0 saturated carbocycles. The molecule has 0 aliphatic rings. The minimum atomic E-state index is -3.61. The Morgan fingerprint density at radius 1 is 1.35 bits per heavy atom. The quantitative estimate of drug-likeness (QED) is 0.622. The van der Waals surface area contributed by atoms with Crippen LogP contribution in [0.3, 0.4) is 0 Å². The van der Waals surface area contributed by atoms with E-state index in [1.54, 1.807) is 6.92 Å². The van der Waals surface area contributed by atoms with E-state index in [2.05, 4.69) is 48.4 Å². The highest BCUT2D eigenvalue weighted by atomic mass is 79.9. The first kappa shape index (κ1) is 14.5. The Labute approximate surface area is 117 Å². The van der Waals surface area contributed by atoms with E-state index in [9.17, 15) is 8.42 Å². The fourth-order valence-corrected chi connectivity index (χ4v) is 4.67. The maximum atomic E-state index is 12.0. The van der Waals surface area contributed by atoms with E-state index >= 15 is 0 Å². The van der Waals surface area contributed by atoms with Crippen molar-refractivity contribution < 1.29 is 8.42 Å². The Hall–Kier alpha value is -0.550.